The molecule has 174 valence electrons. The number of amides is 2. The molecule has 8 nitrogen and oxygen atoms in total. The van der Waals surface area contributed by atoms with Crippen molar-refractivity contribution in [2.75, 3.05) is 50.8 Å². The Kier molecular flexibility index (Phi) is 7.34. The molecule has 0 unspecified atom stereocenters. The quantitative estimate of drug-likeness (QED) is 0.624. The molecule has 0 bridgehead atoms. The van der Waals surface area contributed by atoms with E-state index in [2.05, 4.69) is 10.2 Å². The van der Waals surface area contributed by atoms with Crippen molar-refractivity contribution in [3.8, 4) is 11.5 Å². The lowest BCUT2D eigenvalue weighted by Crippen LogP contribution is -2.51. The van der Waals surface area contributed by atoms with Gasteiger partial charge < -0.3 is 24.6 Å². The van der Waals surface area contributed by atoms with E-state index in [0.29, 0.717) is 61.5 Å². The lowest BCUT2D eigenvalue weighted by Gasteiger charge is -2.36. The Balaban J connectivity index is 1.17. The topological polar surface area (TPSA) is 88.2 Å². The monoisotopic (exact) mass is 471 g/mol. The first-order valence-electron chi connectivity index (χ1n) is 11.0. The predicted octanol–water partition coefficient (Wildman–Crippen LogP) is 2.54. The van der Waals surface area contributed by atoms with Crippen molar-refractivity contribution in [2.24, 2.45) is 0 Å². The molecule has 33 heavy (non-hydrogen) atoms. The predicted molar refractivity (Wildman–Crippen MR) is 124 cm³/mol. The van der Waals surface area contributed by atoms with Crippen LogP contribution in [-0.4, -0.2) is 68.4 Å². The molecule has 0 aliphatic carbocycles. The Morgan fingerprint density at radius 1 is 0.879 bits per heavy atom. The smallest absolute Gasteiger partial charge is 0.242 e. The zero-order chi connectivity index (χ0) is 23.2. The molecule has 0 atom stereocenters. The van der Waals surface area contributed by atoms with Gasteiger partial charge in [-0.1, -0.05) is 11.6 Å². The number of Topliss-reactive ketones (excluding diaryl/α,β-unsaturated/α-hetero) is 1. The van der Waals surface area contributed by atoms with Crippen LogP contribution in [0.25, 0.3) is 0 Å². The highest BCUT2D eigenvalue weighted by atomic mass is 35.5. The maximum absolute atomic E-state index is 12.5. The Bertz CT molecular complexity index is 1020. The number of carbonyl (C=O) groups excluding carboxylic acids is 3. The van der Waals surface area contributed by atoms with Gasteiger partial charge in [0.1, 0.15) is 13.2 Å². The van der Waals surface area contributed by atoms with Gasteiger partial charge in [0.2, 0.25) is 11.8 Å². The average molecular weight is 472 g/mol. The van der Waals surface area contributed by atoms with Gasteiger partial charge >= 0.3 is 0 Å². The third-order valence-electron chi connectivity index (χ3n) is 5.70. The summed E-state index contributed by atoms with van der Waals surface area (Å²) in [4.78, 5) is 41.0. The largest absolute Gasteiger partial charge is 0.486 e. The van der Waals surface area contributed by atoms with Gasteiger partial charge in [0, 0.05) is 55.3 Å². The molecule has 0 aromatic heterocycles. The molecule has 2 aromatic carbocycles. The van der Waals surface area contributed by atoms with Crippen LogP contribution in [0.5, 0.6) is 11.5 Å². The summed E-state index contributed by atoms with van der Waals surface area (Å²) in [5, 5.41) is 3.32. The standard InChI is InChI=1S/C24H26ClN3O5/c25-18-2-4-19(5-3-18)27-9-11-28(12-10-27)24(31)16-26-23(30)8-6-20(29)17-1-7-21-22(15-17)33-14-13-32-21/h1-5,7,15H,6,8-14,16H2,(H,26,30). The van der Waals surface area contributed by atoms with Gasteiger partial charge in [-0.05, 0) is 42.5 Å². The first-order chi connectivity index (χ1) is 16.0. The minimum atomic E-state index is -0.325. The van der Waals surface area contributed by atoms with Gasteiger partial charge in [0.05, 0.1) is 6.54 Å². The second-order valence-corrected chi connectivity index (χ2v) is 8.34. The minimum Gasteiger partial charge on any atom is -0.486 e. The van der Waals surface area contributed by atoms with E-state index < -0.39 is 0 Å². The maximum Gasteiger partial charge on any atom is 0.242 e. The number of nitrogens with one attached hydrogen (secondary N) is 1. The molecule has 2 aromatic rings. The molecule has 1 fully saturated rings. The lowest BCUT2D eigenvalue weighted by molar-refractivity contribution is -0.133. The van der Waals surface area contributed by atoms with Gasteiger partial charge in [-0.15, -0.1) is 0 Å². The Labute approximate surface area is 197 Å². The number of halogens is 1. The van der Waals surface area contributed by atoms with E-state index >= 15 is 0 Å². The molecule has 2 aliphatic rings. The average Bonchev–Trinajstić information content (AvgIpc) is 2.86. The number of carbonyl (C=O) groups is 3. The number of rotatable bonds is 7. The van der Waals surface area contributed by atoms with Crippen LogP contribution in [0, 0.1) is 0 Å². The number of hydrogen-bond donors (Lipinski definition) is 1. The van der Waals surface area contributed by atoms with Crippen LogP contribution >= 0.6 is 11.6 Å². The number of fused-ring (bicyclic) bond motifs is 1. The van der Waals surface area contributed by atoms with Gasteiger partial charge in [-0.25, -0.2) is 0 Å². The third-order valence-corrected chi connectivity index (χ3v) is 5.96. The van der Waals surface area contributed by atoms with Gasteiger partial charge in [-0.2, -0.15) is 0 Å². The Morgan fingerprint density at radius 3 is 2.30 bits per heavy atom. The summed E-state index contributed by atoms with van der Waals surface area (Å²) < 4.78 is 10.9. The summed E-state index contributed by atoms with van der Waals surface area (Å²) in [6.45, 7) is 3.45. The van der Waals surface area contributed by atoms with Crippen LogP contribution in [0.2, 0.25) is 5.02 Å². The molecule has 2 aliphatic heterocycles. The second kappa shape index (κ2) is 10.6. The second-order valence-electron chi connectivity index (χ2n) is 7.90. The van der Waals surface area contributed by atoms with E-state index in [9.17, 15) is 14.4 Å². The zero-order valence-corrected chi connectivity index (χ0v) is 19.0. The van der Waals surface area contributed by atoms with E-state index in [1.807, 2.05) is 24.3 Å². The maximum atomic E-state index is 12.5. The van der Waals surface area contributed by atoms with Crippen LogP contribution in [0.1, 0.15) is 23.2 Å². The first kappa shape index (κ1) is 22.9. The van der Waals surface area contributed by atoms with Crippen molar-refractivity contribution in [3.05, 3.63) is 53.1 Å². The third kappa shape index (κ3) is 5.96. The van der Waals surface area contributed by atoms with Gasteiger partial charge in [-0.3, -0.25) is 14.4 Å². The van der Waals surface area contributed by atoms with Crippen molar-refractivity contribution in [3.63, 3.8) is 0 Å². The number of anilines is 1. The fourth-order valence-electron chi connectivity index (χ4n) is 3.83. The number of ether oxygens (including phenoxy) is 2. The molecule has 0 radical (unpaired) electrons. The fraction of sp³-hybridized carbons (Fsp3) is 0.375. The first-order valence-corrected chi connectivity index (χ1v) is 11.4. The number of nitrogens with zero attached hydrogens (tertiary/aromatic N) is 2. The van der Waals surface area contributed by atoms with E-state index in [-0.39, 0.29) is 37.0 Å². The lowest BCUT2D eigenvalue weighted by atomic mass is 10.1. The van der Waals surface area contributed by atoms with Gasteiger partial charge in [0.25, 0.3) is 0 Å². The van der Waals surface area contributed by atoms with E-state index in [0.717, 1.165) is 5.69 Å². The van der Waals surface area contributed by atoms with Crippen LogP contribution in [-0.2, 0) is 9.59 Å². The van der Waals surface area contributed by atoms with Crippen LogP contribution in [0.4, 0.5) is 5.69 Å². The summed E-state index contributed by atoms with van der Waals surface area (Å²) in [6, 6.07) is 12.6. The molecule has 2 amide bonds. The van der Waals surface area contributed by atoms with Gasteiger partial charge in [0.15, 0.2) is 17.3 Å². The molecule has 9 heteroatoms. The number of piperazine rings is 1. The highest BCUT2D eigenvalue weighted by Crippen LogP contribution is 2.31. The molecule has 4 rings (SSSR count). The van der Waals surface area contributed by atoms with E-state index in [1.165, 1.54) is 0 Å². The van der Waals surface area contributed by atoms with E-state index in [4.69, 9.17) is 21.1 Å². The summed E-state index contributed by atoms with van der Waals surface area (Å²) >= 11 is 5.94. The Hall–Kier alpha value is -3.26. The summed E-state index contributed by atoms with van der Waals surface area (Å²) in [5.41, 5.74) is 1.55. The fourth-order valence-corrected chi connectivity index (χ4v) is 3.95. The molecular weight excluding hydrogens is 446 g/mol. The molecular formula is C24H26ClN3O5. The zero-order valence-electron chi connectivity index (χ0n) is 18.2. The SMILES string of the molecule is O=C(CCC(=O)c1ccc2c(c1)OCCO2)NCC(=O)N1CCN(c2ccc(Cl)cc2)CC1. The number of ketones is 1. The van der Waals surface area contributed by atoms with E-state index in [1.54, 1.807) is 23.1 Å². The molecule has 0 spiro atoms. The van der Waals surface area contributed by atoms with Crippen molar-refractivity contribution in [1.29, 1.82) is 0 Å². The van der Waals surface area contributed by atoms with Crippen molar-refractivity contribution >= 4 is 34.9 Å². The van der Waals surface area contributed by atoms with Crippen LogP contribution < -0.4 is 19.7 Å². The van der Waals surface area contributed by atoms with Crippen molar-refractivity contribution in [1.82, 2.24) is 10.2 Å². The Morgan fingerprint density at radius 2 is 1.58 bits per heavy atom. The summed E-state index contributed by atoms with van der Waals surface area (Å²) in [5.74, 6) is 0.541. The van der Waals surface area contributed by atoms with Crippen LogP contribution in [0.3, 0.4) is 0 Å². The highest BCUT2D eigenvalue weighted by molar-refractivity contribution is 6.30. The molecule has 0 saturated carbocycles. The van der Waals surface area contributed by atoms with Crippen molar-refractivity contribution in [2.45, 2.75) is 12.8 Å². The summed E-state index contributed by atoms with van der Waals surface area (Å²) in [7, 11) is 0. The normalized spacial score (nSPS) is 15.2. The minimum absolute atomic E-state index is 0.0187. The highest BCUT2D eigenvalue weighted by Gasteiger charge is 2.22. The number of hydrogen-bond acceptors (Lipinski definition) is 6. The number of benzene rings is 2. The molecule has 2 heterocycles. The molecule has 1 saturated heterocycles. The molecule has 1 N–H and O–H groups in total. The van der Waals surface area contributed by atoms with Crippen molar-refractivity contribution < 1.29 is 23.9 Å². The van der Waals surface area contributed by atoms with Crippen LogP contribution in [0.15, 0.2) is 42.5 Å². The summed E-state index contributed by atoms with van der Waals surface area (Å²) in [6.07, 6.45) is 0.0737.